The molecule has 0 spiro atoms. The molecule has 1 heterocycles. The van der Waals surface area contributed by atoms with E-state index >= 15 is 0 Å². The molecule has 16 heavy (non-hydrogen) atoms. The largest absolute Gasteiger partial charge is 0.385 e. The summed E-state index contributed by atoms with van der Waals surface area (Å²) < 4.78 is 6.17. The molecule has 0 fully saturated rings. The van der Waals surface area contributed by atoms with E-state index in [0.717, 1.165) is 32.5 Å². The Morgan fingerprint density at radius 2 is 2.44 bits per heavy atom. The number of methoxy groups -OCH3 is 1. The number of halogens is 1. The van der Waals surface area contributed by atoms with Crippen LogP contribution in [0.1, 0.15) is 17.7 Å². The van der Waals surface area contributed by atoms with Crippen molar-refractivity contribution in [1.29, 1.82) is 0 Å². The van der Waals surface area contributed by atoms with Gasteiger partial charge in [-0.05, 0) is 40.2 Å². The fourth-order valence-corrected chi connectivity index (χ4v) is 2.88. The number of hydrogen-bond acceptors (Lipinski definition) is 4. The van der Waals surface area contributed by atoms with Crippen LogP contribution in [-0.2, 0) is 11.3 Å². The molecule has 5 heteroatoms. The SMILES string of the molecule is COCCCC(N)CNCc1sccc1Br. The predicted octanol–water partition coefficient (Wildman–Crippen LogP) is 2.35. The summed E-state index contributed by atoms with van der Waals surface area (Å²) in [6, 6.07) is 2.29. The van der Waals surface area contributed by atoms with Crippen molar-refractivity contribution in [3.63, 3.8) is 0 Å². The van der Waals surface area contributed by atoms with Crippen LogP contribution in [0.15, 0.2) is 15.9 Å². The summed E-state index contributed by atoms with van der Waals surface area (Å²) in [6.45, 7) is 2.54. The molecule has 92 valence electrons. The van der Waals surface area contributed by atoms with E-state index in [1.54, 1.807) is 18.4 Å². The molecule has 3 N–H and O–H groups in total. The van der Waals surface area contributed by atoms with Crippen LogP contribution in [0, 0.1) is 0 Å². The van der Waals surface area contributed by atoms with Gasteiger partial charge in [0.25, 0.3) is 0 Å². The predicted molar refractivity (Wildman–Crippen MR) is 72.8 cm³/mol. The normalized spacial score (nSPS) is 12.9. The minimum atomic E-state index is 0.217. The number of hydrogen-bond donors (Lipinski definition) is 2. The summed E-state index contributed by atoms with van der Waals surface area (Å²) in [5, 5.41) is 5.45. The van der Waals surface area contributed by atoms with Gasteiger partial charge in [-0.3, -0.25) is 0 Å². The van der Waals surface area contributed by atoms with E-state index in [0.29, 0.717) is 0 Å². The van der Waals surface area contributed by atoms with Crippen LogP contribution in [0.4, 0.5) is 0 Å². The average molecular weight is 307 g/mol. The molecule has 0 aromatic carbocycles. The maximum atomic E-state index is 5.97. The lowest BCUT2D eigenvalue weighted by Gasteiger charge is -2.12. The van der Waals surface area contributed by atoms with Gasteiger partial charge in [0.15, 0.2) is 0 Å². The number of ether oxygens (including phenoxy) is 1. The molecule has 0 saturated carbocycles. The number of nitrogens with one attached hydrogen (secondary N) is 1. The zero-order valence-electron chi connectivity index (χ0n) is 9.54. The third-order valence-corrected chi connectivity index (χ3v) is 4.23. The second-order valence-corrected chi connectivity index (χ2v) is 5.57. The topological polar surface area (TPSA) is 47.3 Å². The minimum Gasteiger partial charge on any atom is -0.385 e. The maximum Gasteiger partial charge on any atom is 0.0462 e. The molecule has 0 aliphatic carbocycles. The van der Waals surface area contributed by atoms with Crippen LogP contribution < -0.4 is 11.1 Å². The van der Waals surface area contributed by atoms with E-state index in [2.05, 4.69) is 32.7 Å². The third kappa shape index (κ3) is 5.41. The van der Waals surface area contributed by atoms with Gasteiger partial charge in [0.2, 0.25) is 0 Å². The first-order valence-corrected chi connectivity index (χ1v) is 7.08. The van der Waals surface area contributed by atoms with Crippen LogP contribution in [-0.4, -0.2) is 26.3 Å². The molecule has 0 aliphatic rings. The smallest absolute Gasteiger partial charge is 0.0462 e. The molecule has 1 aromatic heterocycles. The molecule has 1 atom stereocenters. The van der Waals surface area contributed by atoms with Gasteiger partial charge in [-0.1, -0.05) is 0 Å². The summed E-state index contributed by atoms with van der Waals surface area (Å²) in [5.74, 6) is 0. The Morgan fingerprint density at radius 1 is 1.62 bits per heavy atom. The zero-order valence-corrected chi connectivity index (χ0v) is 11.9. The first-order valence-electron chi connectivity index (χ1n) is 5.41. The van der Waals surface area contributed by atoms with Gasteiger partial charge in [0, 0.05) is 42.2 Å². The lowest BCUT2D eigenvalue weighted by Crippen LogP contribution is -2.33. The fourth-order valence-electron chi connectivity index (χ4n) is 1.41. The maximum absolute atomic E-state index is 5.97. The first kappa shape index (κ1) is 14.1. The Labute approximate surface area is 109 Å². The van der Waals surface area contributed by atoms with E-state index in [-0.39, 0.29) is 6.04 Å². The number of rotatable bonds is 8. The van der Waals surface area contributed by atoms with Crippen LogP contribution in [0.2, 0.25) is 0 Å². The van der Waals surface area contributed by atoms with E-state index < -0.39 is 0 Å². The Morgan fingerprint density at radius 3 is 3.06 bits per heavy atom. The molecular formula is C11H19BrN2OS. The lowest BCUT2D eigenvalue weighted by molar-refractivity contribution is 0.190. The van der Waals surface area contributed by atoms with E-state index in [1.165, 1.54) is 9.35 Å². The lowest BCUT2D eigenvalue weighted by atomic mass is 10.2. The van der Waals surface area contributed by atoms with Crippen molar-refractivity contribution in [2.75, 3.05) is 20.3 Å². The summed E-state index contributed by atoms with van der Waals surface area (Å²) in [4.78, 5) is 1.32. The summed E-state index contributed by atoms with van der Waals surface area (Å²) in [7, 11) is 1.72. The molecule has 0 aliphatic heterocycles. The van der Waals surface area contributed by atoms with E-state index in [1.807, 2.05) is 0 Å². The van der Waals surface area contributed by atoms with Crippen LogP contribution >= 0.6 is 27.3 Å². The second-order valence-electron chi connectivity index (χ2n) is 3.72. The Balaban J connectivity index is 2.08. The van der Waals surface area contributed by atoms with Gasteiger partial charge < -0.3 is 15.8 Å². The van der Waals surface area contributed by atoms with Gasteiger partial charge in [0.05, 0.1) is 0 Å². The summed E-state index contributed by atoms with van der Waals surface area (Å²) in [6.07, 6.45) is 2.04. The molecule has 0 saturated heterocycles. The van der Waals surface area contributed by atoms with Crippen LogP contribution in [0.25, 0.3) is 0 Å². The quantitative estimate of drug-likeness (QED) is 0.725. The fraction of sp³-hybridized carbons (Fsp3) is 0.636. The molecule has 1 rings (SSSR count). The van der Waals surface area contributed by atoms with Gasteiger partial charge in [-0.15, -0.1) is 11.3 Å². The first-order chi connectivity index (χ1) is 7.74. The molecule has 1 aromatic rings. The number of thiophene rings is 1. The second kappa shape index (κ2) is 8.20. The van der Waals surface area contributed by atoms with Gasteiger partial charge >= 0.3 is 0 Å². The highest BCUT2D eigenvalue weighted by Gasteiger charge is 2.04. The zero-order chi connectivity index (χ0) is 11.8. The molecular weight excluding hydrogens is 288 g/mol. The average Bonchev–Trinajstić information content (AvgIpc) is 2.65. The van der Waals surface area contributed by atoms with Crippen molar-refractivity contribution in [1.82, 2.24) is 5.32 Å². The summed E-state index contributed by atoms with van der Waals surface area (Å²) in [5.41, 5.74) is 5.97. The minimum absolute atomic E-state index is 0.217. The third-order valence-electron chi connectivity index (χ3n) is 2.31. The van der Waals surface area contributed by atoms with E-state index in [4.69, 9.17) is 10.5 Å². The van der Waals surface area contributed by atoms with Crippen molar-refractivity contribution in [2.45, 2.75) is 25.4 Å². The van der Waals surface area contributed by atoms with Crippen LogP contribution in [0.5, 0.6) is 0 Å². The van der Waals surface area contributed by atoms with Gasteiger partial charge in [-0.2, -0.15) is 0 Å². The highest BCUT2D eigenvalue weighted by atomic mass is 79.9. The molecule has 0 bridgehead atoms. The van der Waals surface area contributed by atoms with Crippen molar-refractivity contribution in [3.05, 3.63) is 20.8 Å². The monoisotopic (exact) mass is 306 g/mol. The van der Waals surface area contributed by atoms with E-state index in [9.17, 15) is 0 Å². The molecule has 3 nitrogen and oxygen atoms in total. The van der Waals surface area contributed by atoms with Gasteiger partial charge in [0.1, 0.15) is 0 Å². The Bertz CT molecular complexity index is 293. The molecule has 1 unspecified atom stereocenters. The highest BCUT2D eigenvalue weighted by molar-refractivity contribution is 9.10. The Kier molecular flexibility index (Phi) is 7.23. The molecule has 0 amide bonds. The van der Waals surface area contributed by atoms with Crippen molar-refractivity contribution < 1.29 is 4.74 Å². The summed E-state index contributed by atoms with van der Waals surface area (Å²) >= 11 is 5.26. The standard InChI is InChI=1S/C11H19BrN2OS/c1-15-5-2-3-9(13)7-14-8-11-10(12)4-6-16-11/h4,6,9,14H,2-3,5,7-8,13H2,1H3. The van der Waals surface area contributed by atoms with Gasteiger partial charge in [-0.25, -0.2) is 0 Å². The molecule has 0 radical (unpaired) electrons. The number of nitrogens with two attached hydrogens (primary N) is 1. The Hall–Kier alpha value is 0.0600. The van der Waals surface area contributed by atoms with Crippen molar-refractivity contribution >= 4 is 27.3 Å². The van der Waals surface area contributed by atoms with Crippen molar-refractivity contribution in [2.24, 2.45) is 5.73 Å². The van der Waals surface area contributed by atoms with Crippen molar-refractivity contribution in [3.8, 4) is 0 Å². The van der Waals surface area contributed by atoms with Crippen LogP contribution in [0.3, 0.4) is 0 Å². The highest BCUT2D eigenvalue weighted by Crippen LogP contribution is 2.21.